The minimum absolute atomic E-state index is 0.0641. The lowest BCUT2D eigenvalue weighted by atomic mass is 9.96. The number of piperazine rings is 1. The molecule has 0 radical (unpaired) electrons. The van der Waals surface area contributed by atoms with Gasteiger partial charge in [0.15, 0.2) is 0 Å². The molecule has 1 aliphatic rings. The monoisotopic (exact) mass is 299 g/mol. The zero-order valence-electron chi connectivity index (χ0n) is 12.4. The van der Waals surface area contributed by atoms with Crippen LogP contribution in [-0.2, 0) is 0 Å². The molecule has 1 aliphatic heterocycles. The average Bonchev–Trinajstić information content (AvgIpc) is 2.36. The van der Waals surface area contributed by atoms with Gasteiger partial charge in [-0.15, -0.1) is 0 Å². The van der Waals surface area contributed by atoms with E-state index in [4.69, 9.17) is 17.3 Å². The standard InChI is InChI=1S/C15H23ClFN3/c1-15(2)10-20(7-6-19(15)3)14(9-18)12-5-4-11(16)8-13(12)17/h4-5,8,14H,6-7,9-10,18H2,1-3H3. The highest BCUT2D eigenvalue weighted by atomic mass is 35.5. The molecule has 2 rings (SSSR count). The fourth-order valence-corrected chi connectivity index (χ4v) is 2.95. The molecule has 2 N–H and O–H groups in total. The van der Waals surface area contributed by atoms with Crippen LogP contribution in [-0.4, -0.2) is 48.6 Å². The SMILES string of the molecule is CN1CCN(C(CN)c2ccc(Cl)cc2F)CC1(C)C. The molecule has 0 amide bonds. The summed E-state index contributed by atoms with van der Waals surface area (Å²) in [4.78, 5) is 4.60. The van der Waals surface area contributed by atoms with Gasteiger partial charge in [0.05, 0.1) is 6.04 Å². The Morgan fingerprint density at radius 3 is 2.65 bits per heavy atom. The highest BCUT2D eigenvalue weighted by Gasteiger charge is 2.34. The van der Waals surface area contributed by atoms with Crippen molar-refractivity contribution in [1.29, 1.82) is 0 Å². The lowest BCUT2D eigenvalue weighted by Gasteiger charge is -2.48. The Labute approximate surface area is 125 Å². The molecule has 1 aromatic rings. The van der Waals surface area contributed by atoms with Crippen LogP contribution in [0, 0.1) is 5.82 Å². The normalized spacial score (nSPS) is 21.9. The molecule has 1 unspecified atom stereocenters. The van der Waals surface area contributed by atoms with Crippen molar-refractivity contribution in [3.63, 3.8) is 0 Å². The Morgan fingerprint density at radius 2 is 2.10 bits per heavy atom. The van der Waals surface area contributed by atoms with Gasteiger partial charge in [-0.25, -0.2) is 4.39 Å². The lowest BCUT2D eigenvalue weighted by molar-refractivity contribution is 0.0173. The van der Waals surface area contributed by atoms with E-state index in [-0.39, 0.29) is 17.4 Å². The van der Waals surface area contributed by atoms with E-state index in [0.29, 0.717) is 17.1 Å². The first-order chi connectivity index (χ1) is 9.35. The summed E-state index contributed by atoms with van der Waals surface area (Å²) < 4.78 is 14.1. The smallest absolute Gasteiger partial charge is 0.129 e. The molecule has 1 fully saturated rings. The average molecular weight is 300 g/mol. The van der Waals surface area contributed by atoms with Gasteiger partial charge in [-0.1, -0.05) is 17.7 Å². The third kappa shape index (κ3) is 3.14. The fraction of sp³-hybridized carbons (Fsp3) is 0.600. The van der Waals surface area contributed by atoms with Gasteiger partial charge in [-0.05, 0) is 33.0 Å². The molecule has 0 bridgehead atoms. The molecule has 1 aromatic carbocycles. The van der Waals surface area contributed by atoms with E-state index in [2.05, 4.69) is 30.7 Å². The first kappa shape index (κ1) is 15.7. The molecule has 3 nitrogen and oxygen atoms in total. The molecule has 0 spiro atoms. The fourth-order valence-electron chi connectivity index (χ4n) is 2.79. The van der Waals surface area contributed by atoms with Crippen molar-refractivity contribution in [2.75, 3.05) is 33.2 Å². The Bertz CT molecular complexity index is 478. The predicted molar refractivity (Wildman–Crippen MR) is 81.5 cm³/mol. The van der Waals surface area contributed by atoms with E-state index in [1.54, 1.807) is 12.1 Å². The van der Waals surface area contributed by atoms with E-state index in [9.17, 15) is 4.39 Å². The minimum Gasteiger partial charge on any atom is -0.329 e. The van der Waals surface area contributed by atoms with E-state index in [1.165, 1.54) is 6.07 Å². The van der Waals surface area contributed by atoms with Crippen LogP contribution in [0.3, 0.4) is 0 Å². The molecule has 0 saturated carbocycles. The van der Waals surface area contributed by atoms with Gasteiger partial charge in [0.25, 0.3) is 0 Å². The highest BCUT2D eigenvalue weighted by Crippen LogP contribution is 2.29. The quantitative estimate of drug-likeness (QED) is 0.931. The number of rotatable bonds is 3. The third-order valence-corrected chi connectivity index (χ3v) is 4.57. The molecule has 1 saturated heterocycles. The zero-order chi connectivity index (χ0) is 14.9. The number of benzene rings is 1. The summed E-state index contributed by atoms with van der Waals surface area (Å²) in [5.41, 5.74) is 6.61. The molecule has 0 aliphatic carbocycles. The molecule has 1 atom stereocenters. The van der Waals surface area contributed by atoms with Crippen molar-refractivity contribution in [2.45, 2.75) is 25.4 Å². The maximum Gasteiger partial charge on any atom is 0.129 e. The van der Waals surface area contributed by atoms with Gasteiger partial charge in [-0.3, -0.25) is 9.80 Å². The summed E-state index contributed by atoms with van der Waals surface area (Å²) in [7, 11) is 2.12. The van der Waals surface area contributed by atoms with E-state index in [1.807, 2.05) is 0 Å². The van der Waals surface area contributed by atoms with Crippen LogP contribution >= 0.6 is 11.6 Å². The lowest BCUT2D eigenvalue weighted by Crippen LogP contribution is -2.58. The van der Waals surface area contributed by atoms with Crippen molar-refractivity contribution in [3.05, 3.63) is 34.6 Å². The number of likely N-dealkylation sites (N-methyl/N-ethyl adjacent to an activating group) is 1. The Morgan fingerprint density at radius 1 is 1.40 bits per heavy atom. The summed E-state index contributed by atoms with van der Waals surface area (Å²) >= 11 is 5.82. The Balaban J connectivity index is 2.24. The van der Waals surface area contributed by atoms with Crippen LogP contribution in [0.5, 0.6) is 0 Å². The largest absolute Gasteiger partial charge is 0.329 e. The molecule has 1 heterocycles. The van der Waals surface area contributed by atoms with Crippen molar-refractivity contribution >= 4 is 11.6 Å². The topological polar surface area (TPSA) is 32.5 Å². The Kier molecular flexibility index (Phi) is 4.69. The number of nitrogens with zero attached hydrogens (tertiary/aromatic N) is 2. The first-order valence-electron chi connectivity index (χ1n) is 6.95. The van der Waals surface area contributed by atoms with Crippen molar-refractivity contribution in [1.82, 2.24) is 9.80 Å². The first-order valence-corrected chi connectivity index (χ1v) is 7.33. The van der Waals surface area contributed by atoms with E-state index in [0.717, 1.165) is 19.6 Å². The van der Waals surface area contributed by atoms with Crippen molar-refractivity contribution in [3.8, 4) is 0 Å². The maximum atomic E-state index is 14.1. The van der Waals surface area contributed by atoms with Crippen molar-refractivity contribution < 1.29 is 4.39 Å². The van der Waals surface area contributed by atoms with Gasteiger partial charge >= 0.3 is 0 Å². The second kappa shape index (κ2) is 5.98. The summed E-state index contributed by atoms with van der Waals surface area (Å²) in [5.74, 6) is -0.273. The van der Waals surface area contributed by atoms with E-state index < -0.39 is 0 Å². The Hall–Kier alpha value is -0.680. The van der Waals surface area contributed by atoms with Gasteiger partial charge in [0.1, 0.15) is 5.82 Å². The predicted octanol–water partition coefficient (Wildman–Crippen LogP) is 2.50. The van der Waals surface area contributed by atoms with Crippen LogP contribution in [0.1, 0.15) is 25.5 Å². The summed E-state index contributed by atoms with van der Waals surface area (Å²) in [6.45, 7) is 7.52. The van der Waals surface area contributed by atoms with Crippen molar-refractivity contribution in [2.24, 2.45) is 5.73 Å². The van der Waals surface area contributed by atoms with Crippen LogP contribution in [0.2, 0.25) is 5.02 Å². The third-order valence-electron chi connectivity index (χ3n) is 4.33. The van der Waals surface area contributed by atoms with Gasteiger partial charge < -0.3 is 5.73 Å². The summed E-state index contributed by atoms with van der Waals surface area (Å²) in [5, 5.41) is 0.417. The molecule has 20 heavy (non-hydrogen) atoms. The molecule has 5 heteroatoms. The maximum absolute atomic E-state index is 14.1. The molecule has 112 valence electrons. The summed E-state index contributed by atoms with van der Waals surface area (Å²) in [6, 6.07) is 4.74. The van der Waals surface area contributed by atoms with Crippen LogP contribution in [0.4, 0.5) is 4.39 Å². The van der Waals surface area contributed by atoms with Crippen LogP contribution < -0.4 is 5.73 Å². The number of nitrogens with two attached hydrogens (primary N) is 1. The minimum atomic E-state index is -0.273. The van der Waals surface area contributed by atoms with Gasteiger partial charge in [0.2, 0.25) is 0 Å². The van der Waals surface area contributed by atoms with Crippen LogP contribution in [0.25, 0.3) is 0 Å². The van der Waals surface area contributed by atoms with E-state index >= 15 is 0 Å². The van der Waals surface area contributed by atoms with Gasteiger partial charge in [-0.2, -0.15) is 0 Å². The molecular weight excluding hydrogens is 277 g/mol. The second-order valence-electron chi connectivity index (χ2n) is 6.12. The second-order valence-corrected chi connectivity index (χ2v) is 6.56. The summed E-state index contributed by atoms with van der Waals surface area (Å²) in [6.07, 6.45) is 0. The van der Waals surface area contributed by atoms with Crippen LogP contribution in [0.15, 0.2) is 18.2 Å². The molecule has 0 aromatic heterocycles. The number of hydrogen-bond acceptors (Lipinski definition) is 3. The molecular formula is C15H23ClFN3. The number of halogens is 2. The number of hydrogen-bond donors (Lipinski definition) is 1. The van der Waals surface area contributed by atoms with Gasteiger partial charge in [0, 0.05) is 42.3 Å². The zero-order valence-corrected chi connectivity index (χ0v) is 13.1. The highest BCUT2D eigenvalue weighted by molar-refractivity contribution is 6.30.